The van der Waals surface area contributed by atoms with E-state index in [2.05, 4.69) is 10.6 Å². The fourth-order valence-corrected chi connectivity index (χ4v) is 3.71. The number of ether oxygens (including phenoxy) is 1. The molecule has 0 bridgehead atoms. The molecule has 0 fully saturated rings. The van der Waals surface area contributed by atoms with E-state index in [-0.39, 0.29) is 18.9 Å². The Hall–Kier alpha value is -3.01. The first kappa shape index (κ1) is 27.2. The lowest BCUT2D eigenvalue weighted by Gasteiger charge is -2.33. The number of hydrogen-bond acceptors (Lipinski definition) is 6. The van der Waals surface area contributed by atoms with Crippen LogP contribution in [-0.4, -0.2) is 59.9 Å². The molecule has 34 heavy (non-hydrogen) atoms. The van der Waals surface area contributed by atoms with Crippen molar-refractivity contribution in [3.05, 3.63) is 48.0 Å². The zero-order chi connectivity index (χ0) is 25.5. The number of nitrogens with one attached hydrogen (secondary N) is 3. The number of likely N-dealkylation sites (N-methyl/N-ethyl adjacent to an activating group) is 1. The van der Waals surface area contributed by atoms with E-state index in [0.717, 1.165) is 16.3 Å². The van der Waals surface area contributed by atoms with Crippen LogP contribution < -0.4 is 16.1 Å². The van der Waals surface area contributed by atoms with Gasteiger partial charge in [0, 0.05) is 7.05 Å². The van der Waals surface area contributed by atoms with Crippen molar-refractivity contribution in [2.75, 3.05) is 13.7 Å². The highest BCUT2D eigenvalue weighted by Gasteiger charge is 2.39. The van der Waals surface area contributed by atoms with Crippen LogP contribution in [0.5, 0.6) is 0 Å². The Balaban J connectivity index is 2.45. The lowest BCUT2D eigenvalue weighted by Crippen LogP contribution is -2.57. The molecule has 2 aromatic rings. The Kier molecular flexibility index (Phi) is 9.55. The van der Waals surface area contributed by atoms with Gasteiger partial charge in [-0.1, -0.05) is 63.2 Å². The average Bonchev–Trinajstić information content (AvgIpc) is 2.79. The standard InChI is InChI=1S/C25H35N3O6/c1-15(29)14-34-20(23(31)28-33)19(22(30)27-21(24(32)26-5)25(2,3)4)13-16-10-11-17-8-6-7-9-18(17)12-16/h6-12,15,19-21,29,33H,13-14H2,1-5H3,(H,26,32)(H,27,30)(H,28,31)/t15?,19-,20+,21-/m1/s1. The van der Waals surface area contributed by atoms with Crippen molar-refractivity contribution in [3.8, 4) is 0 Å². The minimum Gasteiger partial charge on any atom is -0.391 e. The van der Waals surface area contributed by atoms with E-state index in [1.54, 1.807) is 5.48 Å². The van der Waals surface area contributed by atoms with Crippen molar-refractivity contribution in [3.63, 3.8) is 0 Å². The average molecular weight is 474 g/mol. The molecule has 0 aromatic heterocycles. The third kappa shape index (κ3) is 7.24. The van der Waals surface area contributed by atoms with Crippen molar-refractivity contribution in [1.29, 1.82) is 0 Å². The molecule has 0 spiro atoms. The Labute approximate surface area is 199 Å². The summed E-state index contributed by atoms with van der Waals surface area (Å²) >= 11 is 0. The second-order valence-corrected chi connectivity index (χ2v) is 9.49. The third-order valence-corrected chi connectivity index (χ3v) is 5.52. The van der Waals surface area contributed by atoms with E-state index >= 15 is 0 Å². The molecular weight excluding hydrogens is 438 g/mol. The normalized spacial score (nSPS) is 15.1. The van der Waals surface area contributed by atoms with Crippen LogP contribution in [0.25, 0.3) is 10.8 Å². The van der Waals surface area contributed by atoms with Gasteiger partial charge >= 0.3 is 0 Å². The number of fused-ring (bicyclic) bond motifs is 1. The first-order valence-electron chi connectivity index (χ1n) is 11.2. The number of carbonyl (C=O) groups excluding carboxylic acids is 3. The minimum absolute atomic E-state index is 0.0964. The van der Waals surface area contributed by atoms with Gasteiger partial charge in [0.25, 0.3) is 5.91 Å². The highest BCUT2D eigenvalue weighted by molar-refractivity contribution is 5.93. The number of aliphatic hydroxyl groups is 1. The van der Waals surface area contributed by atoms with Crippen LogP contribution in [0.1, 0.15) is 33.3 Å². The number of rotatable bonds is 10. The van der Waals surface area contributed by atoms with Crippen LogP contribution in [0, 0.1) is 11.3 Å². The van der Waals surface area contributed by atoms with Crippen molar-refractivity contribution < 1.29 is 29.4 Å². The van der Waals surface area contributed by atoms with Gasteiger partial charge in [-0.2, -0.15) is 0 Å². The Morgan fingerprint density at radius 2 is 1.65 bits per heavy atom. The molecular formula is C25H35N3O6. The van der Waals surface area contributed by atoms with Crippen LogP contribution in [-0.2, 0) is 25.5 Å². The van der Waals surface area contributed by atoms with Crippen molar-refractivity contribution >= 4 is 28.5 Å². The molecule has 4 atom stereocenters. The van der Waals surface area contributed by atoms with Crippen LogP contribution in [0.15, 0.2) is 42.5 Å². The largest absolute Gasteiger partial charge is 0.391 e. The Morgan fingerprint density at radius 3 is 2.21 bits per heavy atom. The second-order valence-electron chi connectivity index (χ2n) is 9.49. The molecule has 0 saturated carbocycles. The molecule has 0 heterocycles. The van der Waals surface area contributed by atoms with Gasteiger partial charge in [0.05, 0.1) is 18.6 Å². The predicted octanol–water partition coefficient (Wildman–Crippen LogP) is 1.55. The molecule has 2 aromatic carbocycles. The summed E-state index contributed by atoms with van der Waals surface area (Å²) in [5, 5.41) is 26.3. The van der Waals surface area contributed by atoms with Crippen LogP contribution in [0.3, 0.4) is 0 Å². The van der Waals surface area contributed by atoms with Crippen LogP contribution >= 0.6 is 0 Å². The highest BCUT2D eigenvalue weighted by atomic mass is 16.5. The molecule has 0 radical (unpaired) electrons. The summed E-state index contributed by atoms with van der Waals surface area (Å²) < 4.78 is 5.57. The minimum atomic E-state index is -1.41. The van der Waals surface area contributed by atoms with Gasteiger partial charge in [-0.05, 0) is 35.1 Å². The van der Waals surface area contributed by atoms with Gasteiger partial charge in [-0.25, -0.2) is 5.48 Å². The zero-order valence-corrected chi connectivity index (χ0v) is 20.3. The Bertz CT molecular complexity index is 1000. The fourth-order valence-electron chi connectivity index (χ4n) is 3.71. The van der Waals surface area contributed by atoms with Gasteiger partial charge in [0.1, 0.15) is 12.1 Å². The smallest absolute Gasteiger partial charge is 0.273 e. The molecule has 0 saturated heterocycles. The molecule has 186 valence electrons. The molecule has 0 aliphatic carbocycles. The summed E-state index contributed by atoms with van der Waals surface area (Å²) in [5.74, 6) is -2.98. The number of aliphatic hydroxyl groups excluding tert-OH is 1. The summed E-state index contributed by atoms with van der Waals surface area (Å²) in [6.45, 7) is 6.69. The summed E-state index contributed by atoms with van der Waals surface area (Å²) in [5.41, 5.74) is 1.71. The fraction of sp³-hybridized carbons (Fsp3) is 0.480. The summed E-state index contributed by atoms with van der Waals surface area (Å²) in [7, 11) is 1.48. The van der Waals surface area contributed by atoms with Gasteiger partial charge < -0.3 is 20.5 Å². The lowest BCUT2D eigenvalue weighted by molar-refractivity contribution is -0.153. The maximum Gasteiger partial charge on any atom is 0.273 e. The molecule has 5 N–H and O–H groups in total. The quantitative estimate of drug-likeness (QED) is 0.262. The predicted molar refractivity (Wildman–Crippen MR) is 128 cm³/mol. The van der Waals surface area contributed by atoms with Crippen LogP contribution in [0.4, 0.5) is 0 Å². The number of amides is 3. The Morgan fingerprint density at radius 1 is 1.00 bits per heavy atom. The molecule has 2 rings (SSSR count). The molecule has 0 aliphatic rings. The topological polar surface area (TPSA) is 137 Å². The van der Waals surface area contributed by atoms with Gasteiger partial charge in [0.15, 0.2) is 0 Å². The zero-order valence-electron chi connectivity index (χ0n) is 20.3. The van der Waals surface area contributed by atoms with E-state index in [0.29, 0.717) is 0 Å². The monoisotopic (exact) mass is 473 g/mol. The number of carbonyl (C=O) groups is 3. The van der Waals surface area contributed by atoms with Crippen LogP contribution in [0.2, 0.25) is 0 Å². The van der Waals surface area contributed by atoms with Crippen molar-refractivity contribution in [2.45, 2.75) is 52.4 Å². The highest BCUT2D eigenvalue weighted by Crippen LogP contribution is 2.24. The third-order valence-electron chi connectivity index (χ3n) is 5.52. The molecule has 1 unspecified atom stereocenters. The number of hydroxylamine groups is 1. The number of hydrogen-bond donors (Lipinski definition) is 5. The van der Waals surface area contributed by atoms with E-state index in [1.165, 1.54) is 14.0 Å². The summed E-state index contributed by atoms with van der Waals surface area (Å²) in [6.07, 6.45) is -2.21. The second kappa shape index (κ2) is 11.9. The van der Waals surface area contributed by atoms with E-state index in [1.807, 2.05) is 63.2 Å². The number of benzene rings is 2. The molecule has 0 aliphatic heterocycles. The van der Waals surface area contributed by atoms with Crippen molar-refractivity contribution in [2.24, 2.45) is 11.3 Å². The van der Waals surface area contributed by atoms with Gasteiger partial charge in [-0.3, -0.25) is 19.6 Å². The van der Waals surface area contributed by atoms with Crippen molar-refractivity contribution in [1.82, 2.24) is 16.1 Å². The maximum atomic E-state index is 13.5. The molecule has 9 nitrogen and oxygen atoms in total. The summed E-state index contributed by atoms with van der Waals surface area (Å²) in [6, 6.07) is 12.5. The first-order valence-corrected chi connectivity index (χ1v) is 11.2. The summed E-state index contributed by atoms with van der Waals surface area (Å²) in [4.78, 5) is 38.5. The SMILES string of the molecule is CNC(=O)[C@@H](NC(=O)[C@H](Cc1ccc2ccccc2c1)[C@H](OCC(C)O)C(=O)NO)C(C)(C)C. The van der Waals surface area contributed by atoms with Gasteiger partial charge in [-0.15, -0.1) is 0 Å². The molecule has 9 heteroatoms. The van der Waals surface area contributed by atoms with E-state index in [4.69, 9.17) is 4.74 Å². The van der Waals surface area contributed by atoms with E-state index in [9.17, 15) is 24.7 Å². The van der Waals surface area contributed by atoms with Gasteiger partial charge in [0.2, 0.25) is 11.8 Å². The maximum absolute atomic E-state index is 13.5. The molecule has 3 amide bonds. The lowest BCUT2D eigenvalue weighted by atomic mass is 9.84. The first-order chi connectivity index (χ1) is 16.0. The van der Waals surface area contributed by atoms with E-state index < -0.39 is 41.4 Å².